The fourth-order valence-electron chi connectivity index (χ4n) is 7.35. The summed E-state index contributed by atoms with van der Waals surface area (Å²) in [5.41, 5.74) is 0.422. The van der Waals surface area contributed by atoms with E-state index >= 15 is 0 Å². The summed E-state index contributed by atoms with van der Waals surface area (Å²) in [5.74, 6) is -3.06. The van der Waals surface area contributed by atoms with Gasteiger partial charge < -0.3 is 25.2 Å². The van der Waals surface area contributed by atoms with Crippen LogP contribution in [-0.2, 0) is 17.3 Å². The molecule has 282 valence electrons. The number of nitrogens with zero attached hydrogens (tertiary/aromatic N) is 3. The van der Waals surface area contributed by atoms with Gasteiger partial charge in [-0.25, -0.2) is 13.8 Å². The monoisotopic (exact) mass is 773 g/mol. The van der Waals surface area contributed by atoms with Gasteiger partial charge in [-0.2, -0.15) is 13.2 Å². The van der Waals surface area contributed by atoms with Crippen LogP contribution in [0.2, 0.25) is 0 Å². The maximum atomic E-state index is 14.3. The Morgan fingerprint density at radius 1 is 0.855 bits per heavy atom. The zero-order valence-electron chi connectivity index (χ0n) is 29.0. The van der Waals surface area contributed by atoms with Gasteiger partial charge in [0, 0.05) is 66.2 Å². The second-order valence-electron chi connectivity index (χ2n) is 13.8. The van der Waals surface area contributed by atoms with Crippen molar-refractivity contribution < 1.29 is 41.1 Å². The molecule has 1 spiro atoms. The van der Waals surface area contributed by atoms with Crippen LogP contribution >= 0.6 is 11.3 Å². The molecule has 55 heavy (non-hydrogen) atoms. The number of ether oxygens (including phenoxy) is 1. The van der Waals surface area contributed by atoms with Gasteiger partial charge in [0.2, 0.25) is 0 Å². The molecule has 0 atom stereocenters. The van der Waals surface area contributed by atoms with Crippen LogP contribution in [0.1, 0.15) is 54.4 Å². The third-order valence-corrected chi connectivity index (χ3v) is 11.5. The lowest BCUT2D eigenvalue weighted by atomic mass is 9.73. The number of pyridine rings is 1. The smallest absolute Gasteiger partial charge is 0.381 e. The quantitative estimate of drug-likeness (QED) is 0.168. The first-order valence-electron chi connectivity index (χ1n) is 17.5. The number of alkyl halides is 3. The highest BCUT2D eigenvalue weighted by atomic mass is 32.1. The summed E-state index contributed by atoms with van der Waals surface area (Å²) in [7, 11) is 0. The van der Waals surface area contributed by atoms with Crippen LogP contribution in [0.3, 0.4) is 0 Å². The molecule has 9 nitrogen and oxygen atoms in total. The standard InChI is InChI=1S/C40H32F5N5O4S/c41-29-4-1-5-30(42)33(29)48-37(52)32-19-24-12-16-50(31-11-8-25(40(43,44)45)20-28(31)34(24)55-32)38(53)23-6-9-26(10-7-23)47-36(51)27-3-2-15-46-35(27)49-21-39(22-49)13-17-54-18-14-39/h1-11,15,19-20H,12-14,16-18,21-22H2,(H,47,51)(H,48,52). The lowest BCUT2D eigenvalue weighted by Crippen LogP contribution is -2.59. The minimum atomic E-state index is -4.70. The Hall–Kier alpha value is -5.67. The molecule has 8 rings (SSSR count). The van der Waals surface area contributed by atoms with Crippen molar-refractivity contribution in [1.82, 2.24) is 4.98 Å². The number of benzene rings is 3. The molecule has 0 saturated carbocycles. The lowest BCUT2D eigenvalue weighted by Gasteiger charge is -2.53. The number of halogens is 5. The normalized spacial score (nSPS) is 16.1. The Bertz CT molecular complexity index is 2300. The molecule has 5 aromatic rings. The van der Waals surface area contributed by atoms with Gasteiger partial charge in [-0.05, 0) is 97.6 Å². The van der Waals surface area contributed by atoms with Gasteiger partial charge in [0.15, 0.2) is 0 Å². The molecule has 3 aliphatic rings. The Balaban J connectivity index is 1.02. The molecular weight excluding hydrogens is 742 g/mol. The van der Waals surface area contributed by atoms with E-state index in [0.717, 1.165) is 80.8 Å². The second kappa shape index (κ2) is 14.2. The predicted molar refractivity (Wildman–Crippen MR) is 198 cm³/mol. The second-order valence-corrected chi connectivity index (χ2v) is 14.9. The van der Waals surface area contributed by atoms with E-state index in [2.05, 4.69) is 20.5 Å². The van der Waals surface area contributed by atoms with E-state index in [0.29, 0.717) is 27.5 Å². The number of nitrogens with one attached hydrogen (secondary N) is 2. The number of hydrogen-bond acceptors (Lipinski definition) is 7. The van der Waals surface area contributed by atoms with Gasteiger partial charge in [0.1, 0.15) is 23.1 Å². The van der Waals surface area contributed by atoms with Crippen LogP contribution in [0.5, 0.6) is 0 Å². The molecule has 3 aromatic carbocycles. The molecule has 0 radical (unpaired) electrons. The van der Waals surface area contributed by atoms with Crippen LogP contribution < -0.4 is 20.4 Å². The number of hydrogen-bond donors (Lipinski definition) is 2. The van der Waals surface area contributed by atoms with Gasteiger partial charge >= 0.3 is 6.18 Å². The van der Waals surface area contributed by atoms with Crippen molar-refractivity contribution >= 4 is 51.9 Å². The van der Waals surface area contributed by atoms with Gasteiger partial charge in [0.05, 0.1) is 21.7 Å². The van der Waals surface area contributed by atoms with Crippen LogP contribution in [0.15, 0.2) is 85.1 Å². The number of rotatable bonds is 6. The first kappa shape index (κ1) is 36.3. The van der Waals surface area contributed by atoms with Crippen LogP contribution in [0, 0.1) is 17.0 Å². The molecule has 15 heteroatoms. The number of carbonyl (C=O) groups is 3. The average Bonchev–Trinajstić information content (AvgIpc) is 3.53. The largest absolute Gasteiger partial charge is 0.416 e. The maximum Gasteiger partial charge on any atom is 0.416 e. The Morgan fingerprint density at radius 2 is 1.58 bits per heavy atom. The molecule has 5 heterocycles. The van der Waals surface area contributed by atoms with Gasteiger partial charge in [0.25, 0.3) is 17.7 Å². The van der Waals surface area contributed by atoms with Gasteiger partial charge in [-0.1, -0.05) is 6.07 Å². The molecule has 3 amide bonds. The van der Waals surface area contributed by atoms with Crippen LogP contribution in [-0.4, -0.2) is 55.6 Å². The molecule has 0 bridgehead atoms. The molecule has 2 N–H and O–H groups in total. The molecule has 2 saturated heterocycles. The maximum absolute atomic E-state index is 14.3. The van der Waals surface area contributed by atoms with Gasteiger partial charge in [-0.15, -0.1) is 11.3 Å². The highest BCUT2D eigenvalue weighted by molar-refractivity contribution is 7.17. The fourth-order valence-corrected chi connectivity index (χ4v) is 8.48. The Labute approximate surface area is 315 Å². The summed E-state index contributed by atoms with van der Waals surface area (Å²) in [6.45, 7) is 3.10. The first-order valence-corrected chi connectivity index (χ1v) is 18.3. The van der Waals surface area contributed by atoms with Crippen molar-refractivity contribution in [3.63, 3.8) is 0 Å². The van der Waals surface area contributed by atoms with Gasteiger partial charge in [-0.3, -0.25) is 14.4 Å². The minimum absolute atomic E-state index is 0.0277. The summed E-state index contributed by atoms with van der Waals surface area (Å²) in [5, 5.41) is 5.10. The molecule has 2 fully saturated rings. The van der Waals surface area contributed by atoms with E-state index in [9.17, 15) is 36.3 Å². The number of aromatic nitrogens is 1. The van der Waals surface area contributed by atoms with Crippen molar-refractivity contribution in [3.05, 3.63) is 124 Å². The van der Waals surface area contributed by atoms with E-state index in [1.165, 1.54) is 29.2 Å². The molecule has 0 unspecified atom stereocenters. The molecule has 3 aliphatic heterocycles. The molecule has 0 aliphatic carbocycles. The van der Waals surface area contributed by atoms with E-state index < -0.39 is 40.9 Å². The third-order valence-electron chi connectivity index (χ3n) is 10.3. The zero-order chi connectivity index (χ0) is 38.5. The topological polar surface area (TPSA) is 104 Å². The first-order chi connectivity index (χ1) is 26.4. The number of anilines is 4. The van der Waals surface area contributed by atoms with E-state index in [4.69, 9.17) is 4.74 Å². The SMILES string of the molecule is O=C(Nc1c(F)cccc1F)c1cc2c(s1)-c1cc(C(F)(F)F)ccc1N(C(=O)c1ccc(NC(=O)c3cccnc3N3CC4(CCOCC4)C3)cc1)CC2. The summed E-state index contributed by atoms with van der Waals surface area (Å²) in [6, 6.07) is 17.3. The molecule has 2 aromatic heterocycles. The van der Waals surface area contributed by atoms with Crippen molar-refractivity contribution in [2.24, 2.45) is 5.41 Å². The highest BCUT2D eigenvalue weighted by Crippen LogP contribution is 2.45. The Kier molecular flexibility index (Phi) is 9.37. The van der Waals surface area contributed by atoms with Crippen LogP contribution in [0.4, 0.5) is 44.8 Å². The van der Waals surface area contributed by atoms with E-state index in [1.807, 2.05) is 0 Å². The Morgan fingerprint density at radius 3 is 2.29 bits per heavy atom. The lowest BCUT2D eigenvalue weighted by molar-refractivity contribution is -0.137. The zero-order valence-corrected chi connectivity index (χ0v) is 29.8. The number of fused-ring (bicyclic) bond motifs is 3. The average molecular weight is 774 g/mol. The number of carbonyl (C=O) groups excluding carboxylic acids is 3. The fraction of sp³-hybridized carbons (Fsp3) is 0.250. The number of amides is 3. The summed E-state index contributed by atoms with van der Waals surface area (Å²) in [6.07, 6.45) is -0.941. The van der Waals surface area contributed by atoms with Crippen molar-refractivity contribution in [1.29, 1.82) is 0 Å². The van der Waals surface area contributed by atoms with Crippen molar-refractivity contribution in [3.8, 4) is 10.4 Å². The van der Waals surface area contributed by atoms with E-state index in [1.54, 1.807) is 30.5 Å². The summed E-state index contributed by atoms with van der Waals surface area (Å²) < 4.78 is 75.9. The number of thiophene rings is 1. The highest BCUT2D eigenvalue weighted by Gasteiger charge is 2.45. The summed E-state index contributed by atoms with van der Waals surface area (Å²) in [4.78, 5) is 48.9. The van der Waals surface area contributed by atoms with E-state index in [-0.39, 0.29) is 46.0 Å². The minimum Gasteiger partial charge on any atom is -0.381 e. The van der Waals surface area contributed by atoms with Crippen LogP contribution in [0.25, 0.3) is 10.4 Å². The molecular formula is C40H32F5N5O4S. The van der Waals surface area contributed by atoms with Crippen molar-refractivity contribution in [2.75, 3.05) is 53.3 Å². The summed E-state index contributed by atoms with van der Waals surface area (Å²) >= 11 is 0.863. The number of para-hydroxylation sites is 1. The third kappa shape index (κ3) is 7.05. The van der Waals surface area contributed by atoms with Crippen molar-refractivity contribution in [2.45, 2.75) is 25.4 Å². The predicted octanol–water partition coefficient (Wildman–Crippen LogP) is 8.43.